The van der Waals surface area contributed by atoms with Crippen LogP contribution in [-0.2, 0) is 4.74 Å². The van der Waals surface area contributed by atoms with E-state index in [0.29, 0.717) is 6.42 Å². The van der Waals surface area contributed by atoms with Gasteiger partial charge in [-0.3, -0.25) is 0 Å². The molecule has 19 heavy (non-hydrogen) atoms. The monoisotopic (exact) mass is 346 g/mol. The van der Waals surface area contributed by atoms with Crippen molar-refractivity contribution in [2.45, 2.75) is 49.9 Å². The lowest BCUT2D eigenvalue weighted by Crippen LogP contribution is -2.33. The van der Waals surface area contributed by atoms with Crippen LogP contribution in [0, 0.1) is 0 Å². The summed E-state index contributed by atoms with van der Waals surface area (Å²) in [5, 5.41) is 9.77. The Hall–Kier alpha value is -0.310. The van der Waals surface area contributed by atoms with Crippen LogP contribution in [0.2, 0.25) is 0 Å². The van der Waals surface area contributed by atoms with E-state index in [9.17, 15) is 5.11 Å². The number of ether oxygens (including phenoxy) is 1. The summed E-state index contributed by atoms with van der Waals surface area (Å²) < 4.78 is 6.00. The van der Waals surface area contributed by atoms with Crippen LogP contribution >= 0.6 is 27.5 Å². The molecule has 0 aromatic rings. The zero-order chi connectivity index (χ0) is 14.1. The molecule has 0 saturated heterocycles. The Bertz CT molecular complexity index is 372. The molecule has 0 bridgehead atoms. The van der Waals surface area contributed by atoms with Gasteiger partial charge in [-0.25, -0.2) is 0 Å². The van der Waals surface area contributed by atoms with Gasteiger partial charge in [0, 0.05) is 11.4 Å². The highest BCUT2D eigenvalue weighted by molar-refractivity contribution is 9.11. The fourth-order valence-electron chi connectivity index (χ4n) is 1.97. The molecule has 0 fully saturated rings. The van der Waals surface area contributed by atoms with Gasteiger partial charge in [0.05, 0.1) is 23.7 Å². The summed E-state index contributed by atoms with van der Waals surface area (Å²) in [6, 6.07) is 0. The average Bonchev–Trinajstić information content (AvgIpc) is 2.38. The Morgan fingerprint density at radius 1 is 1.53 bits per heavy atom. The van der Waals surface area contributed by atoms with Crippen molar-refractivity contribution in [2.24, 2.45) is 0 Å². The van der Waals surface area contributed by atoms with Crippen molar-refractivity contribution in [1.82, 2.24) is 0 Å². The maximum Gasteiger partial charge on any atom is 0.0819 e. The second-order valence-electron chi connectivity index (χ2n) is 4.44. The molecular formula is C15H20BrClO2. The topological polar surface area (TPSA) is 29.5 Å². The van der Waals surface area contributed by atoms with Crippen molar-refractivity contribution in [1.29, 1.82) is 0 Å². The normalized spacial score (nSPS) is 29.4. The second kappa shape index (κ2) is 9.57. The van der Waals surface area contributed by atoms with Crippen molar-refractivity contribution in [3.63, 3.8) is 0 Å². The van der Waals surface area contributed by atoms with Crippen molar-refractivity contribution < 1.29 is 9.84 Å². The van der Waals surface area contributed by atoms with Gasteiger partial charge >= 0.3 is 0 Å². The minimum absolute atomic E-state index is 0.0238. The summed E-state index contributed by atoms with van der Waals surface area (Å²) in [7, 11) is 0. The second-order valence-corrected chi connectivity index (χ2v) is 5.46. The quantitative estimate of drug-likeness (QED) is 0.471. The molecule has 2 nitrogen and oxygen atoms in total. The van der Waals surface area contributed by atoms with Gasteiger partial charge in [-0.15, -0.1) is 17.3 Å². The standard InChI is InChI=1S/C15H20BrClO2/c1-2-6-13-8-3-4-9-14(17)15(19-13)11-12(18)7-5-10-16/h2-4,6-7,10,12-15,18H,8-9,11H2,1H3/t5?,12-,13-,14+,15+/m1/s1. The van der Waals surface area contributed by atoms with Crippen LogP contribution in [0.4, 0.5) is 0 Å². The van der Waals surface area contributed by atoms with Crippen molar-refractivity contribution >= 4 is 27.5 Å². The van der Waals surface area contributed by atoms with Crippen LogP contribution in [0.5, 0.6) is 0 Å². The predicted octanol–water partition coefficient (Wildman–Crippen LogP) is 4.09. The molecule has 0 aromatic carbocycles. The first-order valence-electron chi connectivity index (χ1n) is 6.44. The van der Waals surface area contributed by atoms with Gasteiger partial charge in [0.2, 0.25) is 0 Å². The van der Waals surface area contributed by atoms with Crippen LogP contribution in [0.1, 0.15) is 26.2 Å². The molecule has 106 valence electrons. The first-order valence-corrected chi connectivity index (χ1v) is 7.79. The summed E-state index contributed by atoms with van der Waals surface area (Å²) in [6.45, 7) is 1.97. The van der Waals surface area contributed by atoms with E-state index in [4.69, 9.17) is 16.3 Å². The van der Waals surface area contributed by atoms with Gasteiger partial charge in [-0.2, -0.15) is 0 Å². The number of aliphatic hydroxyl groups excluding tert-OH is 1. The zero-order valence-corrected chi connectivity index (χ0v) is 13.3. The minimum atomic E-state index is -0.602. The third-order valence-corrected chi connectivity index (χ3v) is 3.61. The Labute approximate surface area is 128 Å². The highest BCUT2D eigenvalue weighted by Crippen LogP contribution is 2.23. The van der Waals surface area contributed by atoms with Crippen LogP contribution in [-0.4, -0.2) is 28.8 Å². The summed E-state index contributed by atoms with van der Waals surface area (Å²) >= 11 is 9.45. The van der Waals surface area contributed by atoms with Gasteiger partial charge in [0.1, 0.15) is 0 Å². The number of rotatable bonds is 4. The van der Waals surface area contributed by atoms with E-state index in [1.165, 1.54) is 0 Å². The molecule has 1 N–H and O–H groups in total. The molecule has 0 unspecified atom stereocenters. The van der Waals surface area contributed by atoms with E-state index in [1.54, 1.807) is 11.1 Å². The summed E-state index contributed by atoms with van der Waals surface area (Å²) in [4.78, 5) is 1.58. The molecule has 0 radical (unpaired) electrons. The number of hydrogen-bond acceptors (Lipinski definition) is 2. The summed E-state index contributed by atoms with van der Waals surface area (Å²) in [6.07, 6.45) is 11.1. The van der Waals surface area contributed by atoms with Gasteiger partial charge < -0.3 is 9.84 Å². The number of allylic oxidation sites excluding steroid dienone is 2. The molecule has 4 atom stereocenters. The van der Waals surface area contributed by atoms with E-state index >= 15 is 0 Å². The van der Waals surface area contributed by atoms with Crippen molar-refractivity contribution in [3.05, 3.63) is 41.1 Å². The molecule has 0 amide bonds. The molecule has 1 aliphatic heterocycles. The SMILES string of the molecule is CC=C[C@@H]1CC=CC[C@H](Cl)[C@H](C[C@H](O)C=C=CBr)O1. The predicted molar refractivity (Wildman–Crippen MR) is 83.7 cm³/mol. The molecule has 1 heterocycles. The molecule has 1 aliphatic rings. The lowest BCUT2D eigenvalue weighted by Gasteiger charge is -2.28. The van der Waals surface area contributed by atoms with E-state index in [2.05, 4.69) is 33.8 Å². The fraction of sp³-hybridized carbons (Fsp3) is 0.533. The highest BCUT2D eigenvalue weighted by Gasteiger charge is 2.25. The number of halogens is 2. The third-order valence-electron chi connectivity index (χ3n) is 2.88. The Morgan fingerprint density at radius 2 is 2.26 bits per heavy atom. The van der Waals surface area contributed by atoms with Gasteiger partial charge in [-0.05, 0) is 25.8 Å². The molecule has 0 aliphatic carbocycles. The molecule has 0 saturated carbocycles. The first kappa shape index (κ1) is 16.7. The van der Waals surface area contributed by atoms with E-state index < -0.39 is 6.10 Å². The minimum Gasteiger partial charge on any atom is -0.388 e. The van der Waals surface area contributed by atoms with Crippen molar-refractivity contribution in [3.8, 4) is 0 Å². The Kier molecular flexibility index (Phi) is 8.43. The van der Waals surface area contributed by atoms with E-state index in [-0.39, 0.29) is 17.6 Å². The fourth-order valence-corrected chi connectivity index (χ4v) is 2.39. The van der Waals surface area contributed by atoms with Crippen LogP contribution in [0.3, 0.4) is 0 Å². The number of aliphatic hydroxyl groups is 1. The third kappa shape index (κ3) is 6.60. The Balaban J connectivity index is 2.70. The van der Waals surface area contributed by atoms with Gasteiger partial charge in [0.25, 0.3) is 0 Å². The molecule has 0 spiro atoms. The highest BCUT2D eigenvalue weighted by atomic mass is 79.9. The summed E-state index contributed by atoms with van der Waals surface area (Å²) in [5.41, 5.74) is 2.81. The molecule has 4 heteroatoms. The lowest BCUT2D eigenvalue weighted by molar-refractivity contribution is -0.0108. The zero-order valence-electron chi connectivity index (χ0n) is 11.0. The smallest absolute Gasteiger partial charge is 0.0819 e. The molecular weight excluding hydrogens is 328 g/mol. The molecule has 0 aromatic heterocycles. The molecule has 1 rings (SSSR count). The number of alkyl halides is 1. The maximum absolute atomic E-state index is 9.90. The summed E-state index contributed by atoms with van der Waals surface area (Å²) in [5.74, 6) is 0. The average molecular weight is 348 g/mol. The van der Waals surface area contributed by atoms with Crippen LogP contribution in [0.15, 0.2) is 41.1 Å². The van der Waals surface area contributed by atoms with E-state index in [1.807, 2.05) is 19.1 Å². The Morgan fingerprint density at radius 3 is 2.95 bits per heavy atom. The largest absolute Gasteiger partial charge is 0.388 e. The van der Waals surface area contributed by atoms with Gasteiger partial charge in [0.15, 0.2) is 0 Å². The number of hydrogen-bond donors (Lipinski definition) is 1. The van der Waals surface area contributed by atoms with Crippen LogP contribution < -0.4 is 0 Å². The van der Waals surface area contributed by atoms with E-state index in [0.717, 1.165) is 12.8 Å². The first-order chi connectivity index (χ1) is 9.17. The van der Waals surface area contributed by atoms with Crippen LogP contribution in [0.25, 0.3) is 0 Å². The van der Waals surface area contributed by atoms with Gasteiger partial charge in [-0.1, -0.05) is 40.2 Å². The maximum atomic E-state index is 9.90. The van der Waals surface area contributed by atoms with Crippen molar-refractivity contribution in [2.75, 3.05) is 0 Å². The lowest BCUT2D eigenvalue weighted by atomic mass is 10.0.